The van der Waals surface area contributed by atoms with E-state index in [4.69, 9.17) is 16.0 Å². The van der Waals surface area contributed by atoms with Crippen molar-refractivity contribution in [1.82, 2.24) is 14.7 Å². The van der Waals surface area contributed by atoms with Crippen molar-refractivity contribution < 1.29 is 14.0 Å². The number of nitrogens with one attached hydrogen (secondary N) is 1. The highest BCUT2D eigenvalue weighted by molar-refractivity contribution is 6.31. The van der Waals surface area contributed by atoms with Crippen molar-refractivity contribution in [2.45, 2.75) is 25.8 Å². The van der Waals surface area contributed by atoms with Gasteiger partial charge in [0.25, 0.3) is 11.8 Å². The monoisotopic (exact) mass is 412 g/mol. The zero-order chi connectivity index (χ0) is 20.2. The molecule has 0 unspecified atom stereocenters. The first kappa shape index (κ1) is 19.3. The van der Waals surface area contributed by atoms with E-state index in [1.165, 1.54) is 0 Å². The fourth-order valence-corrected chi connectivity index (χ4v) is 3.57. The lowest BCUT2D eigenvalue weighted by Crippen LogP contribution is -2.36. The van der Waals surface area contributed by atoms with Crippen LogP contribution < -0.4 is 5.32 Å². The highest BCUT2D eigenvalue weighted by Crippen LogP contribution is 2.25. The summed E-state index contributed by atoms with van der Waals surface area (Å²) in [5.74, 6) is 0.222. The van der Waals surface area contributed by atoms with Gasteiger partial charge in [-0.3, -0.25) is 14.3 Å². The molecular weight excluding hydrogens is 392 g/mol. The zero-order valence-corrected chi connectivity index (χ0v) is 16.6. The quantitative estimate of drug-likeness (QED) is 0.685. The maximum atomic E-state index is 12.9. The number of carbonyl (C=O) groups excluding carboxylic acids is 2. The number of furan rings is 1. The second-order valence-electron chi connectivity index (χ2n) is 6.97. The molecule has 3 aromatic rings. The van der Waals surface area contributed by atoms with Crippen LogP contribution in [0, 0.1) is 0 Å². The van der Waals surface area contributed by atoms with E-state index >= 15 is 0 Å². The molecule has 0 radical (unpaired) electrons. The summed E-state index contributed by atoms with van der Waals surface area (Å²) < 4.78 is 7.34. The van der Waals surface area contributed by atoms with Crippen molar-refractivity contribution >= 4 is 29.1 Å². The Morgan fingerprint density at radius 3 is 2.72 bits per heavy atom. The lowest BCUT2D eigenvalue weighted by molar-refractivity contribution is 0.0725. The number of likely N-dealkylation sites (tertiary alicyclic amines) is 1. The fraction of sp³-hybridized carbons (Fsp3) is 0.286. The Hall–Kier alpha value is -3.06. The summed E-state index contributed by atoms with van der Waals surface area (Å²) in [5, 5.41) is 7.33. The number of hydrogen-bond donors (Lipinski definition) is 1. The molecule has 150 valence electrons. The smallest absolute Gasteiger partial charge is 0.291 e. The lowest BCUT2D eigenvalue weighted by atomic mass is 10.1. The number of benzene rings is 1. The van der Waals surface area contributed by atoms with E-state index in [9.17, 15) is 9.59 Å². The van der Waals surface area contributed by atoms with Gasteiger partial charge in [0.1, 0.15) is 5.76 Å². The lowest BCUT2D eigenvalue weighted by Gasteiger charge is -2.27. The molecule has 0 saturated carbocycles. The average Bonchev–Trinajstić information content (AvgIpc) is 3.41. The van der Waals surface area contributed by atoms with Crippen LogP contribution in [0.4, 0.5) is 5.69 Å². The molecule has 4 rings (SSSR count). The van der Waals surface area contributed by atoms with Gasteiger partial charge in [0.05, 0.1) is 17.8 Å². The molecule has 8 heteroatoms. The first-order chi connectivity index (χ1) is 14.1. The van der Waals surface area contributed by atoms with Gasteiger partial charge >= 0.3 is 0 Å². The predicted octanol–water partition coefficient (Wildman–Crippen LogP) is 4.06. The van der Waals surface area contributed by atoms with Gasteiger partial charge in [0.15, 0.2) is 5.76 Å². The van der Waals surface area contributed by atoms with E-state index in [0.717, 1.165) is 32.4 Å². The van der Waals surface area contributed by atoms with Crippen LogP contribution in [0.2, 0.25) is 5.02 Å². The van der Waals surface area contributed by atoms with E-state index in [-0.39, 0.29) is 11.7 Å². The van der Waals surface area contributed by atoms with Crippen LogP contribution in [-0.2, 0) is 6.54 Å². The van der Waals surface area contributed by atoms with Crippen LogP contribution in [0.25, 0.3) is 0 Å². The van der Waals surface area contributed by atoms with Crippen molar-refractivity contribution in [3.8, 4) is 0 Å². The molecule has 1 fully saturated rings. The largest absolute Gasteiger partial charge is 0.454 e. The Balaban J connectivity index is 1.51. The number of aromatic nitrogens is 2. The minimum absolute atomic E-state index is 0.101. The summed E-state index contributed by atoms with van der Waals surface area (Å²) in [6, 6.07) is 10.0. The third-order valence-corrected chi connectivity index (χ3v) is 5.10. The number of rotatable bonds is 5. The predicted molar refractivity (Wildman–Crippen MR) is 109 cm³/mol. The van der Waals surface area contributed by atoms with E-state index in [1.807, 2.05) is 17.2 Å². The highest BCUT2D eigenvalue weighted by Gasteiger charge is 2.22. The summed E-state index contributed by atoms with van der Waals surface area (Å²) >= 11 is 6.11. The van der Waals surface area contributed by atoms with Gasteiger partial charge in [-0.05, 0) is 55.7 Å². The minimum Gasteiger partial charge on any atom is -0.454 e. The number of anilines is 1. The fourth-order valence-electron chi connectivity index (χ4n) is 3.40. The van der Waals surface area contributed by atoms with Crippen LogP contribution in [0.5, 0.6) is 0 Å². The van der Waals surface area contributed by atoms with Gasteiger partial charge in [-0.25, -0.2) is 0 Å². The normalized spacial score (nSPS) is 14.0. The molecule has 1 aromatic carbocycles. The highest BCUT2D eigenvalue weighted by atomic mass is 35.5. The van der Waals surface area contributed by atoms with Crippen LogP contribution >= 0.6 is 11.6 Å². The van der Waals surface area contributed by atoms with Gasteiger partial charge in [-0.2, -0.15) is 5.10 Å². The number of amides is 2. The van der Waals surface area contributed by atoms with Gasteiger partial charge in [-0.1, -0.05) is 11.6 Å². The summed E-state index contributed by atoms with van der Waals surface area (Å²) in [7, 11) is 0. The first-order valence-corrected chi connectivity index (χ1v) is 9.94. The number of nitrogens with zero attached hydrogens (tertiary/aromatic N) is 3. The average molecular weight is 413 g/mol. The molecule has 0 aliphatic carbocycles. The molecule has 0 atom stereocenters. The van der Waals surface area contributed by atoms with E-state index in [2.05, 4.69) is 10.4 Å². The molecule has 1 aliphatic rings. The molecule has 7 nitrogen and oxygen atoms in total. The van der Waals surface area contributed by atoms with E-state index in [1.54, 1.807) is 41.2 Å². The van der Waals surface area contributed by atoms with Gasteiger partial charge in [0.2, 0.25) is 0 Å². The number of carbonyl (C=O) groups is 2. The topological polar surface area (TPSA) is 80.4 Å². The standard InChI is InChI=1S/C21H21ClN4O3/c22-15-5-7-17(21(28)25-10-2-1-3-11-25)18(13-15)24-20(27)19-8-6-16(29-19)14-26-12-4-9-23-26/h4-9,12-13H,1-3,10-11,14H2,(H,24,27). The molecule has 1 N–H and O–H groups in total. The Morgan fingerprint density at radius 1 is 1.14 bits per heavy atom. The number of hydrogen-bond acceptors (Lipinski definition) is 4. The van der Waals surface area contributed by atoms with Crippen molar-refractivity contribution in [2.75, 3.05) is 18.4 Å². The SMILES string of the molecule is O=C(Nc1cc(Cl)ccc1C(=O)N1CCCCC1)c1ccc(Cn2cccn2)o1. The zero-order valence-electron chi connectivity index (χ0n) is 15.8. The van der Waals surface area contributed by atoms with Gasteiger partial charge in [0, 0.05) is 30.5 Å². The Bertz CT molecular complexity index is 1010. The Kier molecular flexibility index (Phi) is 5.67. The molecule has 0 spiro atoms. The summed E-state index contributed by atoms with van der Waals surface area (Å²) in [4.78, 5) is 27.4. The van der Waals surface area contributed by atoms with Crippen molar-refractivity contribution in [1.29, 1.82) is 0 Å². The summed E-state index contributed by atoms with van der Waals surface area (Å²) in [5.41, 5.74) is 0.802. The van der Waals surface area contributed by atoms with Crippen LogP contribution in [0.15, 0.2) is 53.2 Å². The number of piperidine rings is 1. The third kappa shape index (κ3) is 4.51. The van der Waals surface area contributed by atoms with Gasteiger partial charge < -0.3 is 14.6 Å². The molecule has 2 aromatic heterocycles. The van der Waals surface area contributed by atoms with Crippen molar-refractivity contribution in [3.05, 3.63) is 70.9 Å². The molecule has 1 aliphatic heterocycles. The Morgan fingerprint density at radius 2 is 1.97 bits per heavy atom. The molecule has 29 heavy (non-hydrogen) atoms. The maximum Gasteiger partial charge on any atom is 0.291 e. The maximum absolute atomic E-state index is 12.9. The third-order valence-electron chi connectivity index (χ3n) is 4.87. The molecule has 1 saturated heterocycles. The summed E-state index contributed by atoms with van der Waals surface area (Å²) in [6.45, 7) is 1.88. The Labute approximate surface area is 173 Å². The second-order valence-corrected chi connectivity index (χ2v) is 7.40. The second kappa shape index (κ2) is 8.53. The minimum atomic E-state index is -0.438. The molecule has 2 amide bonds. The van der Waals surface area contributed by atoms with Crippen LogP contribution in [-0.4, -0.2) is 39.6 Å². The van der Waals surface area contributed by atoms with Gasteiger partial charge in [-0.15, -0.1) is 0 Å². The summed E-state index contributed by atoms with van der Waals surface area (Å²) in [6.07, 6.45) is 6.61. The van der Waals surface area contributed by atoms with E-state index < -0.39 is 5.91 Å². The van der Waals surface area contributed by atoms with Crippen molar-refractivity contribution in [3.63, 3.8) is 0 Å². The first-order valence-electron chi connectivity index (χ1n) is 9.56. The van der Waals surface area contributed by atoms with Crippen LogP contribution in [0.3, 0.4) is 0 Å². The number of halogens is 1. The van der Waals surface area contributed by atoms with Crippen LogP contribution in [0.1, 0.15) is 45.9 Å². The van der Waals surface area contributed by atoms with Crippen molar-refractivity contribution in [2.24, 2.45) is 0 Å². The molecule has 3 heterocycles. The molecule has 0 bridgehead atoms. The van der Waals surface area contributed by atoms with E-state index in [0.29, 0.717) is 28.6 Å². The molecular formula is C21H21ClN4O3.